The molecule has 132 valence electrons. The third kappa shape index (κ3) is 4.11. The summed E-state index contributed by atoms with van der Waals surface area (Å²) in [5.74, 6) is 0.0226. The van der Waals surface area contributed by atoms with E-state index >= 15 is 0 Å². The molecule has 1 aliphatic heterocycles. The number of aromatic amines is 1. The van der Waals surface area contributed by atoms with E-state index in [1.165, 1.54) is 0 Å². The highest BCUT2D eigenvalue weighted by Gasteiger charge is 2.24. The number of hydrogen-bond acceptors (Lipinski definition) is 4. The number of piperazine rings is 1. The molecule has 1 saturated heterocycles. The SMILES string of the molecule is Cc1[nH]c(=O)c(C(=O)N2CCN(Cc3cccc(O)c3)CC2)cc1Br. The molecule has 0 aliphatic carbocycles. The van der Waals surface area contributed by atoms with Gasteiger partial charge in [-0.1, -0.05) is 12.1 Å². The molecule has 0 bridgehead atoms. The summed E-state index contributed by atoms with van der Waals surface area (Å²) in [5, 5.41) is 9.54. The number of H-pyrrole nitrogens is 1. The predicted molar refractivity (Wildman–Crippen MR) is 98.8 cm³/mol. The number of nitrogens with zero attached hydrogens (tertiary/aromatic N) is 2. The molecule has 25 heavy (non-hydrogen) atoms. The first-order chi connectivity index (χ1) is 11.9. The lowest BCUT2D eigenvalue weighted by Gasteiger charge is -2.34. The number of aryl methyl sites for hydroxylation is 1. The second kappa shape index (κ2) is 7.41. The van der Waals surface area contributed by atoms with Crippen molar-refractivity contribution in [3.05, 3.63) is 62.0 Å². The Morgan fingerprint density at radius 2 is 1.96 bits per heavy atom. The first-order valence-electron chi connectivity index (χ1n) is 8.13. The molecular weight excluding hydrogens is 386 g/mol. The quantitative estimate of drug-likeness (QED) is 0.819. The van der Waals surface area contributed by atoms with Crippen LogP contribution >= 0.6 is 15.9 Å². The lowest BCUT2D eigenvalue weighted by molar-refractivity contribution is 0.0626. The Labute approximate surface area is 154 Å². The van der Waals surface area contributed by atoms with Gasteiger partial charge in [0.2, 0.25) is 0 Å². The van der Waals surface area contributed by atoms with E-state index in [1.807, 2.05) is 12.1 Å². The second-order valence-electron chi connectivity index (χ2n) is 6.22. The molecule has 1 fully saturated rings. The van der Waals surface area contributed by atoms with Crippen molar-refractivity contribution in [1.29, 1.82) is 0 Å². The van der Waals surface area contributed by atoms with E-state index in [4.69, 9.17) is 0 Å². The minimum Gasteiger partial charge on any atom is -0.508 e. The van der Waals surface area contributed by atoms with Crippen LogP contribution in [0.2, 0.25) is 0 Å². The van der Waals surface area contributed by atoms with Gasteiger partial charge in [-0.05, 0) is 46.6 Å². The number of pyridine rings is 1. The second-order valence-corrected chi connectivity index (χ2v) is 7.08. The molecule has 1 aliphatic rings. The van der Waals surface area contributed by atoms with E-state index in [2.05, 4.69) is 25.8 Å². The number of hydrogen-bond donors (Lipinski definition) is 2. The van der Waals surface area contributed by atoms with Gasteiger partial charge >= 0.3 is 0 Å². The number of halogens is 1. The van der Waals surface area contributed by atoms with Crippen molar-refractivity contribution in [3.8, 4) is 5.75 Å². The fourth-order valence-corrected chi connectivity index (χ4v) is 3.28. The van der Waals surface area contributed by atoms with E-state index in [1.54, 1.807) is 30.0 Å². The Balaban J connectivity index is 1.63. The molecule has 2 heterocycles. The minimum absolute atomic E-state index is 0.166. The number of rotatable bonds is 3. The number of nitrogens with one attached hydrogen (secondary N) is 1. The summed E-state index contributed by atoms with van der Waals surface area (Å²) in [6, 6.07) is 8.79. The molecule has 0 atom stereocenters. The summed E-state index contributed by atoms with van der Waals surface area (Å²) in [6.45, 7) is 5.11. The molecule has 1 aromatic carbocycles. The van der Waals surface area contributed by atoms with Gasteiger partial charge in [-0.3, -0.25) is 14.5 Å². The highest BCUT2D eigenvalue weighted by atomic mass is 79.9. The molecule has 3 rings (SSSR count). The number of aromatic hydroxyl groups is 1. The van der Waals surface area contributed by atoms with Crippen LogP contribution in [-0.4, -0.2) is 52.0 Å². The van der Waals surface area contributed by atoms with Crippen molar-refractivity contribution >= 4 is 21.8 Å². The molecular formula is C18H20BrN3O3. The molecule has 2 aromatic rings. The van der Waals surface area contributed by atoms with Gasteiger partial charge in [-0.2, -0.15) is 0 Å². The van der Waals surface area contributed by atoms with Crippen LogP contribution in [0.25, 0.3) is 0 Å². The van der Waals surface area contributed by atoms with Crippen LogP contribution in [0.15, 0.2) is 39.6 Å². The molecule has 7 heteroatoms. The molecule has 0 unspecified atom stereocenters. The van der Waals surface area contributed by atoms with Crippen LogP contribution in [0.5, 0.6) is 5.75 Å². The van der Waals surface area contributed by atoms with Crippen LogP contribution in [0, 0.1) is 6.92 Å². The van der Waals surface area contributed by atoms with Crippen LogP contribution < -0.4 is 5.56 Å². The Kier molecular flexibility index (Phi) is 5.24. The fraction of sp³-hybridized carbons (Fsp3) is 0.333. The number of benzene rings is 1. The fourth-order valence-electron chi connectivity index (χ4n) is 2.95. The largest absolute Gasteiger partial charge is 0.508 e. The van der Waals surface area contributed by atoms with E-state index < -0.39 is 0 Å². The zero-order valence-electron chi connectivity index (χ0n) is 14.0. The van der Waals surface area contributed by atoms with E-state index in [-0.39, 0.29) is 22.8 Å². The van der Waals surface area contributed by atoms with Gasteiger partial charge in [0.15, 0.2) is 0 Å². The number of carbonyl (C=O) groups is 1. The summed E-state index contributed by atoms with van der Waals surface area (Å²) in [6.07, 6.45) is 0. The van der Waals surface area contributed by atoms with Crippen molar-refractivity contribution in [2.75, 3.05) is 26.2 Å². The Hall–Kier alpha value is -2.12. The monoisotopic (exact) mass is 405 g/mol. The van der Waals surface area contributed by atoms with E-state index in [0.717, 1.165) is 29.7 Å². The van der Waals surface area contributed by atoms with Gasteiger partial charge in [0.05, 0.1) is 0 Å². The number of phenols is 1. The molecule has 1 amide bonds. The van der Waals surface area contributed by atoms with Crippen LogP contribution in [0.3, 0.4) is 0 Å². The summed E-state index contributed by atoms with van der Waals surface area (Å²) in [5.41, 5.74) is 1.56. The lowest BCUT2D eigenvalue weighted by atomic mass is 10.1. The number of amides is 1. The number of phenolic OH excluding ortho intramolecular Hbond substituents is 1. The smallest absolute Gasteiger partial charge is 0.261 e. The van der Waals surface area contributed by atoms with E-state index in [9.17, 15) is 14.7 Å². The van der Waals surface area contributed by atoms with Crippen LogP contribution in [-0.2, 0) is 6.54 Å². The maximum atomic E-state index is 12.6. The summed E-state index contributed by atoms with van der Waals surface area (Å²) in [4.78, 5) is 31.3. The molecule has 6 nitrogen and oxygen atoms in total. The first kappa shape index (κ1) is 17.7. The molecule has 2 N–H and O–H groups in total. The summed E-state index contributed by atoms with van der Waals surface area (Å²) < 4.78 is 0.720. The zero-order valence-corrected chi connectivity index (χ0v) is 15.5. The Bertz CT molecular complexity index is 842. The zero-order chi connectivity index (χ0) is 18.0. The summed E-state index contributed by atoms with van der Waals surface area (Å²) in [7, 11) is 0. The standard InChI is InChI=1S/C18H20BrN3O3/c1-12-16(19)10-15(17(24)20-12)18(25)22-7-5-21(6-8-22)11-13-3-2-4-14(23)9-13/h2-4,9-10,23H,5-8,11H2,1H3,(H,20,24). The third-order valence-electron chi connectivity index (χ3n) is 4.38. The number of carbonyl (C=O) groups excluding carboxylic acids is 1. The van der Waals surface area contributed by atoms with Crippen LogP contribution in [0.4, 0.5) is 0 Å². The lowest BCUT2D eigenvalue weighted by Crippen LogP contribution is -2.49. The van der Waals surface area contributed by atoms with Gasteiger partial charge in [-0.25, -0.2) is 0 Å². The maximum absolute atomic E-state index is 12.6. The van der Waals surface area contributed by atoms with Crippen molar-refractivity contribution in [2.24, 2.45) is 0 Å². The first-order valence-corrected chi connectivity index (χ1v) is 8.92. The van der Waals surface area contributed by atoms with Gasteiger partial charge in [-0.15, -0.1) is 0 Å². The normalized spacial score (nSPS) is 15.4. The predicted octanol–water partition coefficient (Wildman–Crippen LogP) is 2.11. The molecule has 0 spiro atoms. The van der Waals surface area contributed by atoms with Gasteiger partial charge in [0, 0.05) is 42.9 Å². The Morgan fingerprint density at radius 1 is 1.24 bits per heavy atom. The third-order valence-corrected chi connectivity index (χ3v) is 5.21. The minimum atomic E-state index is -0.354. The van der Waals surface area contributed by atoms with E-state index in [0.29, 0.717) is 18.8 Å². The Morgan fingerprint density at radius 3 is 2.64 bits per heavy atom. The van der Waals surface area contributed by atoms with Crippen molar-refractivity contribution < 1.29 is 9.90 Å². The average molecular weight is 406 g/mol. The van der Waals surface area contributed by atoms with Crippen molar-refractivity contribution in [3.63, 3.8) is 0 Å². The topological polar surface area (TPSA) is 76.6 Å². The van der Waals surface area contributed by atoms with Gasteiger partial charge < -0.3 is 15.0 Å². The highest BCUT2D eigenvalue weighted by molar-refractivity contribution is 9.10. The maximum Gasteiger partial charge on any atom is 0.261 e. The van der Waals surface area contributed by atoms with Gasteiger partial charge in [0.25, 0.3) is 11.5 Å². The highest BCUT2D eigenvalue weighted by Crippen LogP contribution is 2.16. The van der Waals surface area contributed by atoms with Crippen LogP contribution in [0.1, 0.15) is 21.6 Å². The molecule has 1 aromatic heterocycles. The molecule has 0 saturated carbocycles. The number of aromatic nitrogens is 1. The summed E-state index contributed by atoms with van der Waals surface area (Å²) >= 11 is 3.36. The van der Waals surface area contributed by atoms with Crippen molar-refractivity contribution in [1.82, 2.24) is 14.8 Å². The van der Waals surface area contributed by atoms with Gasteiger partial charge in [0.1, 0.15) is 11.3 Å². The average Bonchev–Trinajstić information content (AvgIpc) is 2.58. The molecule has 0 radical (unpaired) electrons. The van der Waals surface area contributed by atoms with Crippen molar-refractivity contribution in [2.45, 2.75) is 13.5 Å².